The zero-order chi connectivity index (χ0) is 17.2. The van der Waals surface area contributed by atoms with Crippen molar-refractivity contribution >= 4 is 5.91 Å². The SMILES string of the molecule is N#Cc1cc(Oc2ccc(C(=O)N[C@H]3CN4CCC3CC4)cc2)no1. The summed E-state index contributed by atoms with van der Waals surface area (Å²) in [5.74, 6) is 1.36. The van der Waals surface area contributed by atoms with Crippen LogP contribution in [0.15, 0.2) is 34.9 Å². The average molecular weight is 338 g/mol. The molecule has 3 aliphatic heterocycles. The third-order valence-electron chi connectivity index (χ3n) is 4.91. The number of aromatic nitrogens is 1. The Morgan fingerprint density at radius 3 is 2.68 bits per heavy atom. The summed E-state index contributed by atoms with van der Waals surface area (Å²) in [6.45, 7) is 3.25. The molecule has 0 unspecified atom stereocenters. The van der Waals surface area contributed by atoms with Gasteiger partial charge in [-0.3, -0.25) is 4.79 Å². The summed E-state index contributed by atoms with van der Waals surface area (Å²) in [6.07, 6.45) is 2.33. The first-order valence-electron chi connectivity index (χ1n) is 8.39. The van der Waals surface area contributed by atoms with Crippen LogP contribution < -0.4 is 10.1 Å². The molecule has 3 aliphatic rings. The van der Waals surface area contributed by atoms with Crippen molar-refractivity contribution in [3.05, 3.63) is 41.7 Å². The average Bonchev–Trinajstić information content (AvgIpc) is 3.11. The third-order valence-corrected chi connectivity index (χ3v) is 4.91. The molecule has 2 bridgehead atoms. The highest BCUT2D eigenvalue weighted by Gasteiger charge is 2.34. The molecule has 0 saturated carbocycles. The number of carbonyl (C=O) groups excluding carboxylic acids is 1. The predicted octanol–water partition coefficient (Wildman–Crippen LogP) is 2.16. The summed E-state index contributed by atoms with van der Waals surface area (Å²) in [5, 5.41) is 15.5. The maximum atomic E-state index is 12.5. The Morgan fingerprint density at radius 1 is 1.32 bits per heavy atom. The quantitative estimate of drug-likeness (QED) is 0.918. The van der Waals surface area contributed by atoms with Crippen LogP contribution in [0.5, 0.6) is 11.6 Å². The van der Waals surface area contributed by atoms with Crippen molar-refractivity contribution in [3.8, 4) is 17.7 Å². The Morgan fingerprint density at radius 2 is 2.08 bits per heavy atom. The molecule has 2 aromatic rings. The van der Waals surface area contributed by atoms with E-state index in [0.717, 1.165) is 19.6 Å². The van der Waals surface area contributed by atoms with E-state index in [1.807, 2.05) is 6.07 Å². The van der Waals surface area contributed by atoms with Crippen molar-refractivity contribution in [1.29, 1.82) is 5.26 Å². The van der Waals surface area contributed by atoms with Crippen LogP contribution in [0.4, 0.5) is 0 Å². The number of rotatable bonds is 4. The van der Waals surface area contributed by atoms with Crippen LogP contribution in [-0.4, -0.2) is 41.6 Å². The molecular formula is C18H18N4O3. The summed E-state index contributed by atoms with van der Waals surface area (Å²) in [4.78, 5) is 14.9. The maximum Gasteiger partial charge on any atom is 0.260 e. The van der Waals surface area contributed by atoms with Crippen LogP contribution in [0.2, 0.25) is 0 Å². The number of amides is 1. The maximum absolute atomic E-state index is 12.5. The van der Waals surface area contributed by atoms with E-state index in [2.05, 4.69) is 15.4 Å². The van der Waals surface area contributed by atoms with E-state index < -0.39 is 0 Å². The molecule has 0 spiro atoms. The molecule has 3 fully saturated rings. The molecular weight excluding hydrogens is 320 g/mol. The van der Waals surface area contributed by atoms with E-state index in [4.69, 9.17) is 14.5 Å². The van der Waals surface area contributed by atoms with Crippen LogP contribution in [0.1, 0.15) is 29.0 Å². The fourth-order valence-corrected chi connectivity index (χ4v) is 3.54. The van der Waals surface area contributed by atoms with Crippen LogP contribution in [0.25, 0.3) is 0 Å². The molecule has 128 valence electrons. The molecule has 1 N–H and O–H groups in total. The lowest BCUT2D eigenvalue weighted by Gasteiger charge is -2.44. The zero-order valence-electron chi connectivity index (χ0n) is 13.6. The molecule has 25 heavy (non-hydrogen) atoms. The van der Waals surface area contributed by atoms with Gasteiger partial charge in [0.1, 0.15) is 11.8 Å². The van der Waals surface area contributed by atoms with Gasteiger partial charge in [-0.2, -0.15) is 5.26 Å². The Kier molecular flexibility index (Phi) is 4.12. The number of hydrogen-bond acceptors (Lipinski definition) is 6. The van der Waals surface area contributed by atoms with Crippen molar-refractivity contribution in [1.82, 2.24) is 15.4 Å². The van der Waals surface area contributed by atoms with Crippen molar-refractivity contribution in [2.45, 2.75) is 18.9 Å². The van der Waals surface area contributed by atoms with E-state index in [1.54, 1.807) is 24.3 Å². The van der Waals surface area contributed by atoms with Gasteiger partial charge in [-0.05, 0) is 61.3 Å². The second-order valence-corrected chi connectivity index (χ2v) is 6.49. The lowest BCUT2D eigenvalue weighted by molar-refractivity contribution is 0.0620. The topological polar surface area (TPSA) is 91.4 Å². The van der Waals surface area contributed by atoms with E-state index in [9.17, 15) is 4.79 Å². The van der Waals surface area contributed by atoms with Gasteiger partial charge in [0.25, 0.3) is 11.8 Å². The molecule has 0 radical (unpaired) electrons. The van der Waals surface area contributed by atoms with Gasteiger partial charge < -0.3 is 19.5 Å². The molecule has 4 heterocycles. The zero-order valence-corrected chi connectivity index (χ0v) is 13.6. The Bertz CT molecular complexity index is 800. The van der Waals surface area contributed by atoms with Crippen LogP contribution in [-0.2, 0) is 0 Å². The summed E-state index contributed by atoms with van der Waals surface area (Å²) in [5.41, 5.74) is 0.599. The predicted molar refractivity (Wildman–Crippen MR) is 88.2 cm³/mol. The number of hydrogen-bond donors (Lipinski definition) is 1. The van der Waals surface area contributed by atoms with Gasteiger partial charge in [-0.1, -0.05) is 0 Å². The lowest BCUT2D eigenvalue weighted by Crippen LogP contribution is -2.57. The third kappa shape index (κ3) is 3.35. The van der Waals surface area contributed by atoms with Gasteiger partial charge in [-0.25, -0.2) is 0 Å². The normalized spacial score (nSPS) is 24.5. The van der Waals surface area contributed by atoms with E-state index in [1.165, 1.54) is 18.9 Å². The molecule has 0 aliphatic carbocycles. The van der Waals surface area contributed by atoms with Crippen LogP contribution in [0.3, 0.4) is 0 Å². The van der Waals surface area contributed by atoms with Crippen molar-refractivity contribution in [2.75, 3.05) is 19.6 Å². The largest absolute Gasteiger partial charge is 0.436 e. The first-order chi connectivity index (χ1) is 12.2. The van der Waals surface area contributed by atoms with Gasteiger partial charge in [-0.15, -0.1) is 0 Å². The summed E-state index contributed by atoms with van der Waals surface area (Å²) in [7, 11) is 0. The van der Waals surface area contributed by atoms with Crippen molar-refractivity contribution in [3.63, 3.8) is 0 Å². The minimum atomic E-state index is -0.0569. The van der Waals surface area contributed by atoms with Gasteiger partial charge in [0.2, 0.25) is 5.76 Å². The Labute approximate surface area is 145 Å². The summed E-state index contributed by atoms with van der Waals surface area (Å²) < 4.78 is 10.2. The molecule has 1 aromatic carbocycles. The fraction of sp³-hybridized carbons (Fsp3) is 0.389. The summed E-state index contributed by atoms with van der Waals surface area (Å²) >= 11 is 0. The molecule has 1 atom stereocenters. The monoisotopic (exact) mass is 338 g/mol. The molecule has 3 saturated heterocycles. The standard InChI is InChI=1S/C18H18N4O3/c19-10-15-9-17(21-25-15)24-14-3-1-13(2-4-14)18(23)20-16-11-22-7-5-12(16)6-8-22/h1-4,9,12,16H,5-8,11H2,(H,20,23)/t16-/m0/s1. The Hall–Kier alpha value is -2.85. The number of benzene rings is 1. The minimum absolute atomic E-state index is 0.0569. The highest BCUT2D eigenvalue weighted by atomic mass is 16.5. The highest BCUT2D eigenvalue weighted by molar-refractivity contribution is 5.94. The molecule has 5 rings (SSSR count). The molecule has 7 heteroatoms. The molecule has 1 aromatic heterocycles. The summed E-state index contributed by atoms with van der Waals surface area (Å²) in [6, 6.07) is 10.3. The number of carbonyl (C=O) groups is 1. The second kappa shape index (κ2) is 6.57. The van der Waals surface area contributed by atoms with E-state index in [0.29, 0.717) is 17.2 Å². The van der Waals surface area contributed by atoms with Crippen molar-refractivity contribution < 1.29 is 14.1 Å². The fourth-order valence-electron chi connectivity index (χ4n) is 3.54. The van der Waals surface area contributed by atoms with Gasteiger partial charge >= 0.3 is 0 Å². The smallest absolute Gasteiger partial charge is 0.260 e. The van der Waals surface area contributed by atoms with Gasteiger partial charge in [0.05, 0.1) is 6.07 Å². The first-order valence-corrected chi connectivity index (χ1v) is 8.39. The molecule has 7 nitrogen and oxygen atoms in total. The second-order valence-electron chi connectivity index (χ2n) is 6.49. The van der Waals surface area contributed by atoms with Gasteiger partial charge in [0, 0.05) is 18.2 Å². The van der Waals surface area contributed by atoms with Crippen LogP contribution >= 0.6 is 0 Å². The Balaban J connectivity index is 1.38. The number of nitrogens with one attached hydrogen (secondary N) is 1. The number of ether oxygens (including phenoxy) is 1. The van der Waals surface area contributed by atoms with Crippen molar-refractivity contribution in [2.24, 2.45) is 5.92 Å². The van der Waals surface area contributed by atoms with Crippen LogP contribution in [0, 0.1) is 17.2 Å². The number of piperidine rings is 3. The lowest BCUT2D eigenvalue weighted by atomic mass is 9.84. The molecule has 1 amide bonds. The first kappa shape index (κ1) is 15.7. The van der Waals surface area contributed by atoms with E-state index in [-0.39, 0.29) is 23.6 Å². The van der Waals surface area contributed by atoms with Gasteiger partial charge in [0.15, 0.2) is 0 Å². The highest BCUT2D eigenvalue weighted by Crippen LogP contribution is 2.28. The number of fused-ring (bicyclic) bond motifs is 3. The number of nitriles is 1. The number of nitrogens with zero attached hydrogens (tertiary/aromatic N) is 3. The minimum Gasteiger partial charge on any atom is -0.436 e. The van der Waals surface area contributed by atoms with E-state index >= 15 is 0 Å².